The Labute approximate surface area is 168 Å². The van der Waals surface area contributed by atoms with Gasteiger partial charge in [0, 0.05) is 10.8 Å². The van der Waals surface area contributed by atoms with E-state index in [-0.39, 0.29) is 15.3 Å². The number of fused-ring (bicyclic) bond motifs is 2. The Bertz CT molecular complexity index is 1240. The minimum absolute atomic E-state index is 0. The van der Waals surface area contributed by atoms with Crippen molar-refractivity contribution in [2.24, 2.45) is 0 Å². The molecule has 0 unspecified atom stereocenters. The molecule has 4 N–H and O–H groups in total. The van der Waals surface area contributed by atoms with Crippen LogP contribution in [0.5, 0.6) is 0 Å². The Morgan fingerprint density at radius 3 is 1.14 bits per heavy atom. The lowest BCUT2D eigenvalue weighted by Gasteiger charge is -2.02. The molecular formula is C20H18O7S2. The predicted molar refractivity (Wildman–Crippen MR) is 111 cm³/mol. The van der Waals surface area contributed by atoms with Crippen molar-refractivity contribution in [2.75, 3.05) is 0 Å². The van der Waals surface area contributed by atoms with E-state index in [1.54, 1.807) is 60.7 Å². The van der Waals surface area contributed by atoms with Gasteiger partial charge >= 0.3 is 0 Å². The minimum atomic E-state index is -4.13. The van der Waals surface area contributed by atoms with Gasteiger partial charge < -0.3 is 5.48 Å². The van der Waals surface area contributed by atoms with Gasteiger partial charge in [-0.1, -0.05) is 72.8 Å². The summed E-state index contributed by atoms with van der Waals surface area (Å²) < 4.78 is 61.9. The van der Waals surface area contributed by atoms with Gasteiger partial charge in [0.25, 0.3) is 20.2 Å². The van der Waals surface area contributed by atoms with Crippen molar-refractivity contribution in [2.45, 2.75) is 9.79 Å². The first kappa shape index (κ1) is 22.5. The Kier molecular flexibility index (Phi) is 6.73. The normalized spacial score (nSPS) is 11.4. The summed E-state index contributed by atoms with van der Waals surface area (Å²) in [7, 11) is -8.26. The summed E-state index contributed by atoms with van der Waals surface area (Å²) >= 11 is 0. The molecule has 0 saturated carbocycles. The van der Waals surface area contributed by atoms with Crippen LogP contribution in [0, 0.1) is 0 Å². The van der Waals surface area contributed by atoms with Crippen molar-refractivity contribution in [1.82, 2.24) is 0 Å². The van der Waals surface area contributed by atoms with Gasteiger partial charge in [0.15, 0.2) is 0 Å². The Morgan fingerprint density at radius 1 is 0.483 bits per heavy atom. The molecule has 0 aliphatic heterocycles. The molecule has 0 fully saturated rings. The predicted octanol–water partition coefficient (Wildman–Crippen LogP) is 3.35. The molecule has 4 aromatic carbocycles. The summed E-state index contributed by atoms with van der Waals surface area (Å²) in [6, 6.07) is 23.6. The first-order chi connectivity index (χ1) is 13.2. The molecule has 0 aliphatic carbocycles. The van der Waals surface area contributed by atoms with Gasteiger partial charge in [0.1, 0.15) is 9.79 Å². The number of rotatable bonds is 2. The highest BCUT2D eigenvalue weighted by Gasteiger charge is 2.13. The highest BCUT2D eigenvalue weighted by Crippen LogP contribution is 2.23. The number of hydrogen-bond acceptors (Lipinski definition) is 4. The topological polar surface area (TPSA) is 140 Å². The molecule has 0 aromatic heterocycles. The molecule has 152 valence electrons. The zero-order chi connectivity index (χ0) is 20.4. The average Bonchev–Trinajstić information content (AvgIpc) is 2.66. The Balaban J connectivity index is 0.000000200. The third kappa shape index (κ3) is 5.17. The van der Waals surface area contributed by atoms with Crippen LogP contribution in [-0.2, 0) is 20.2 Å². The summed E-state index contributed by atoms with van der Waals surface area (Å²) in [6.45, 7) is 0. The molecule has 0 atom stereocenters. The van der Waals surface area contributed by atoms with Crippen LogP contribution in [0.4, 0.5) is 0 Å². The van der Waals surface area contributed by atoms with E-state index >= 15 is 0 Å². The Hall–Kier alpha value is -2.82. The minimum Gasteiger partial charge on any atom is -0.412 e. The molecule has 0 aliphatic rings. The highest BCUT2D eigenvalue weighted by molar-refractivity contribution is 7.86. The molecule has 0 heterocycles. The zero-order valence-electron chi connectivity index (χ0n) is 14.9. The van der Waals surface area contributed by atoms with Crippen LogP contribution >= 0.6 is 0 Å². The van der Waals surface area contributed by atoms with Crippen LogP contribution in [0.25, 0.3) is 21.5 Å². The second kappa shape index (κ2) is 8.68. The van der Waals surface area contributed by atoms with Gasteiger partial charge in [-0.25, -0.2) is 0 Å². The third-order valence-electron chi connectivity index (χ3n) is 4.06. The van der Waals surface area contributed by atoms with Crippen LogP contribution in [-0.4, -0.2) is 31.4 Å². The lowest BCUT2D eigenvalue weighted by Crippen LogP contribution is -1.98. The molecule has 0 saturated heterocycles. The highest BCUT2D eigenvalue weighted by atomic mass is 32.2. The molecule has 0 radical (unpaired) electrons. The molecule has 4 rings (SSSR count). The lowest BCUT2D eigenvalue weighted by atomic mass is 10.1. The zero-order valence-corrected chi connectivity index (χ0v) is 16.6. The van der Waals surface area contributed by atoms with Gasteiger partial charge in [0.2, 0.25) is 0 Å². The quantitative estimate of drug-likeness (QED) is 0.464. The third-order valence-corrected chi connectivity index (χ3v) is 5.88. The maximum Gasteiger partial charge on any atom is 0.295 e. The summed E-state index contributed by atoms with van der Waals surface area (Å²) in [5.41, 5.74) is 0. The molecule has 9 heteroatoms. The van der Waals surface area contributed by atoms with E-state index in [0.29, 0.717) is 10.8 Å². The number of benzene rings is 4. The fraction of sp³-hybridized carbons (Fsp3) is 0. The molecule has 29 heavy (non-hydrogen) atoms. The van der Waals surface area contributed by atoms with E-state index in [2.05, 4.69) is 0 Å². The van der Waals surface area contributed by atoms with Crippen molar-refractivity contribution < 1.29 is 31.4 Å². The SMILES string of the molecule is O.O=S(=O)(O)c1cccc2ccccc12.O=S(=O)(O)c1cccc2ccccc12. The van der Waals surface area contributed by atoms with Crippen LogP contribution in [0.1, 0.15) is 0 Å². The first-order valence-corrected chi connectivity index (χ1v) is 11.0. The van der Waals surface area contributed by atoms with E-state index < -0.39 is 20.2 Å². The van der Waals surface area contributed by atoms with Gasteiger partial charge in [-0.3, -0.25) is 9.11 Å². The van der Waals surface area contributed by atoms with Gasteiger partial charge in [-0.2, -0.15) is 16.8 Å². The van der Waals surface area contributed by atoms with Crippen LogP contribution in [0.15, 0.2) is 94.7 Å². The summed E-state index contributed by atoms with van der Waals surface area (Å²) in [5.74, 6) is 0. The fourth-order valence-corrected chi connectivity index (χ4v) is 4.27. The van der Waals surface area contributed by atoms with E-state index in [1.165, 1.54) is 12.1 Å². The van der Waals surface area contributed by atoms with Gasteiger partial charge in [-0.15, -0.1) is 0 Å². The van der Waals surface area contributed by atoms with Crippen molar-refractivity contribution in [3.05, 3.63) is 84.9 Å². The average molecular weight is 434 g/mol. The Morgan fingerprint density at radius 2 is 0.793 bits per heavy atom. The lowest BCUT2D eigenvalue weighted by molar-refractivity contribution is 0.482. The van der Waals surface area contributed by atoms with Crippen molar-refractivity contribution in [1.29, 1.82) is 0 Å². The first-order valence-electron chi connectivity index (χ1n) is 8.08. The van der Waals surface area contributed by atoms with Crippen LogP contribution in [0.3, 0.4) is 0 Å². The second-order valence-electron chi connectivity index (χ2n) is 5.90. The van der Waals surface area contributed by atoms with E-state index in [4.69, 9.17) is 9.11 Å². The second-order valence-corrected chi connectivity index (χ2v) is 8.68. The molecule has 4 aromatic rings. The summed E-state index contributed by atoms with van der Waals surface area (Å²) in [5, 5.41) is 2.67. The molecule has 0 amide bonds. The standard InChI is InChI=1S/2C10H8O3S.H2O/c2*11-14(12,13)10-7-3-5-8-4-1-2-6-9(8)10;/h2*1-7H,(H,11,12,13);1H2. The van der Waals surface area contributed by atoms with E-state index in [9.17, 15) is 16.8 Å². The van der Waals surface area contributed by atoms with Gasteiger partial charge in [-0.05, 0) is 22.9 Å². The molecule has 7 nitrogen and oxygen atoms in total. The monoisotopic (exact) mass is 434 g/mol. The van der Waals surface area contributed by atoms with Gasteiger partial charge in [0.05, 0.1) is 0 Å². The van der Waals surface area contributed by atoms with Crippen molar-refractivity contribution in [3.8, 4) is 0 Å². The molecular weight excluding hydrogens is 416 g/mol. The molecule has 0 spiro atoms. The van der Waals surface area contributed by atoms with E-state index in [1.807, 2.05) is 12.1 Å². The summed E-state index contributed by atoms with van der Waals surface area (Å²) in [4.78, 5) is -0.0915. The van der Waals surface area contributed by atoms with Crippen molar-refractivity contribution >= 4 is 41.8 Å². The largest absolute Gasteiger partial charge is 0.412 e. The summed E-state index contributed by atoms with van der Waals surface area (Å²) in [6.07, 6.45) is 0. The van der Waals surface area contributed by atoms with Crippen LogP contribution in [0.2, 0.25) is 0 Å². The van der Waals surface area contributed by atoms with Crippen LogP contribution < -0.4 is 0 Å². The maximum atomic E-state index is 11.0. The van der Waals surface area contributed by atoms with Crippen molar-refractivity contribution in [3.63, 3.8) is 0 Å². The maximum absolute atomic E-state index is 11.0. The fourth-order valence-electron chi connectivity index (χ4n) is 2.84. The number of hydrogen-bond donors (Lipinski definition) is 2. The molecule has 0 bridgehead atoms. The van der Waals surface area contributed by atoms with E-state index in [0.717, 1.165) is 10.8 Å². The smallest absolute Gasteiger partial charge is 0.295 e.